The Hall–Kier alpha value is -4.74. The molecule has 45 heavy (non-hydrogen) atoms. The van der Waals surface area contributed by atoms with Crippen LogP contribution in [0.5, 0.6) is 5.75 Å². The molecule has 3 unspecified atom stereocenters. The minimum atomic E-state index is -1.64. The summed E-state index contributed by atoms with van der Waals surface area (Å²) in [6.07, 6.45) is 12.0. The molecule has 1 amide bonds. The molecule has 0 saturated carbocycles. The molecular weight excluding hydrogens is 572 g/mol. The third-order valence-corrected chi connectivity index (χ3v) is 7.29. The standard InChI is InChI=1S/C34H44N6O5/c1-3-4-5-6-7-19-45-27-16-14-24(15-17-27)26-21-38-32(39-22-26)25-12-10-23(11-13-25)20-29(37-2)33(42)40-30(34(43)44)31(41)28(36)9-8-18-35/h8-18,21-22,29-31,37,41H,3-7,19-20,35-36H2,1-2H3,(H,40,42)(H,43,44)/b18-8-,28-9-. The molecule has 0 aliphatic heterocycles. The van der Waals surface area contributed by atoms with Gasteiger partial charge in [-0.1, -0.05) is 69.0 Å². The van der Waals surface area contributed by atoms with Crippen molar-refractivity contribution in [1.82, 2.24) is 20.6 Å². The molecule has 0 spiro atoms. The Morgan fingerprint density at radius 2 is 1.60 bits per heavy atom. The Morgan fingerprint density at radius 3 is 2.20 bits per heavy atom. The number of carboxylic acids is 1. The average Bonchev–Trinajstić information content (AvgIpc) is 3.06. The maximum atomic E-state index is 12.9. The van der Waals surface area contributed by atoms with Crippen LogP contribution < -0.4 is 26.8 Å². The second-order valence-corrected chi connectivity index (χ2v) is 10.6. The van der Waals surface area contributed by atoms with Gasteiger partial charge in [0.1, 0.15) is 11.9 Å². The number of likely N-dealkylation sites (N-methyl/N-ethyl adjacent to an activating group) is 1. The lowest BCUT2D eigenvalue weighted by molar-refractivity contribution is -0.144. The van der Waals surface area contributed by atoms with Gasteiger partial charge in [-0.25, -0.2) is 14.8 Å². The number of aliphatic hydroxyl groups is 1. The van der Waals surface area contributed by atoms with Crippen molar-refractivity contribution in [3.05, 3.63) is 90.5 Å². The fraction of sp³-hybridized carbons (Fsp3) is 0.353. The zero-order chi connectivity index (χ0) is 32.6. The van der Waals surface area contributed by atoms with Gasteiger partial charge in [-0.05, 0) is 61.5 Å². The van der Waals surface area contributed by atoms with Crippen molar-refractivity contribution >= 4 is 11.9 Å². The van der Waals surface area contributed by atoms with E-state index in [2.05, 4.69) is 27.5 Å². The molecule has 240 valence electrons. The van der Waals surface area contributed by atoms with Crippen LogP contribution in [0.1, 0.15) is 44.6 Å². The fourth-order valence-corrected chi connectivity index (χ4v) is 4.60. The number of allylic oxidation sites excluding steroid dienone is 2. The van der Waals surface area contributed by atoms with Crippen molar-refractivity contribution in [2.24, 2.45) is 11.5 Å². The van der Waals surface area contributed by atoms with Crippen molar-refractivity contribution in [1.29, 1.82) is 0 Å². The van der Waals surface area contributed by atoms with E-state index in [9.17, 15) is 19.8 Å². The number of amides is 1. The van der Waals surface area contributed by atoms with Crippen molar-refractivity contribution in [2.75, 3.05) is 13.7 Å². The van der Waals surface area contributed by atoms with Gasteiger partial charge in [-0.3, -0.25) is 4.79 Å². The highest BCUT2D eigenvalue weighted by atomic mass is 16.5. The van der Waals surface area contributed by atoms with E-state index < -0.39 is 30.1 Å². The topological polar surface area (TPSA) is 186 Å². The number of aromatic nitrogens is 2. The van der Waals surface area contributed by atoms with Crippen LogP contribution in [0, 0.1) is 0 Å². The van der Waals surface area contributed by atoms with Crippen molar-refractivity contribution in [3.8, 4) is 28.3 Å². The quantitative estimate of drug-likeness (QED) is 0.0912. The maximum absolute atomic E-state index is 12.9. The molecule has 11 heteroatoms. The molecule has 3 atom stereocenters. The number of aliphatic hydroxyl groups excluding tert-OH is 1. The molecule has 0 bridgehead atoms. The van der Waals surface area contributed by atoms with Crippen LogP contribution in [0.25, 0.3) is 22.5 Å². The monoisotopic (exact) mass is 616 g/mol. The lowest BCUT2D eigenvalue weighted by Gasteiger charge is -2.24. The number of benzene rings is 2. The fourth-order valence-electron chi connectivity index (χ4n) is 4.60. The van der Waals surface area contributed by atoms with Gasteiger partial charge in [0.15, 0.2) is 11.9 Å². The molecule has 2 aromatic carbocycles. The number of carbonyl (C=O) groups excluding carboxylic acids is 1. The Labute approximate surface area is 264 Å². The van der Waals surface area contributed by atoms with E-state index in [0.29, 0.717) is 5.82 Å². The summed E-state index contributed by atoms with van der Waals surface area (Å²) in [6, 6.07) is 13.0. The molecule has 0 saturated heterocycles. The number of carbonyl (C=O) groups is 2. The lowest BCUT2D eigenvalue weighted by atomic mass is 10.0. The third kappa shape index (κ3) is 10.7. The number of aliphatic carboxylic acids is 1. The van der Waals surface area contributed by atoms with Crippen LogP contribution in [0.3, 0.4) is 0 Å². The molecule has 3 aromatic rings. The van der Waals surface area contributed by atoms with Crippen molar-refractivity contribution < 1.29 is 24.5 Å². The van der Waals surface area contributed by atoms with Gasteiger partial charge in [0.25, 0.3) is 0 Å². The Kier molecular flexibility index (Phi) is 14.0. The third-order valence-electron chi connectivity index (χ3n) is 7.29. The van der Waals surface area contributed by atoms with Crippen molar-refractivity contribution in [2.45, 2.75) is 63.6 Å². The van der Waals surface area contributed by atoms with E-state index >= 15 is 0 Å². The molecule has 11 nitrogen and oxygen atoms in total. The number of hydrogen-bond donors (Lipinski definition) is 6. The normalized spacial score (nSPS) is 13.7. The van der Waals surface area contributed by atoms with E-state index in [1.165, 1.54) is 44.0 Å². The summed E-state index contributed by atoms with van der Waals surface area (Å²) in [6.45, 7) is 2.93. The van der Waals surface area contributed by atoms with Crippen LogP contribution in [0.15, 0.2) is 85.0 Å². The Bertz CT molecular complexity index is 1410. The zero-order valence-corrected chi connectivity index (χ0v) is 25.9. The van der Waals surface area contributed by atoms with Gasteiger partial charge in [0.05, 0.1) is 12.6 Å². The number of hydrogen-bond acceptors (Lipinski definition) is 9. The number of nitrogens with one attached hydrogen (secondary N) is 2. The van der Waals surface area contributed by atoms with Crippen LogP contribution in [-0.4, -0.2) is 63.9 Å². The van der Waals surface area contributed by atoms with Gasteiger partial charge in [0.2, 0.25) is 5.91 Å². The SMILES string of the molecule is CCCCCCCOc1ccc(-c2cnc(-c3ccc(CC(NC)C(=O)NC(C(=O)O)C(O)/C(N)=C/C=C\N)cc3)nc2)cc1. The minimum absolute atomic E-state index is 0.150. The molecule has 1 heterocycles. The molecule has 0 aliphatic carbocycles. The first-order chi connectivity index (χ1) is 21.8. The summed E-state index contributed by atoms with van der Waals surface area (Å²) < 4.78 is 5.86. The summed E-state index contributed by atoms with van der Waals surface area (Å²) in [7, 11) is 1.59. The van der Waals surface area contributed by atoms with E-state index in [1.54, 1.807) is 19.4 Å². The Balaban J connectivity index is 1.58. The first-order valence-electron chi connectivity index (χ1n) is 15.1. The van der Waals surface area contributed by atoms with Crippen LogP contribution >= 0.6 is 0 Å². The molecule has 8 N–H and O–H groups in total. The van der Waals surface area contributed by atoms with Crippen LogP contribution in [-0.2, 0) is 16.0 Å². The molecular formula is C34H44N6O5. The van der Waals surface area contributed by atoms with E-state index in [0.717, 1.165) is 41.0 Å². The average molecular weight is 617 g/mol. The molecule has 0 fully saturated rings. The predicted octanol–water partition coefficient (Wildman–Crippen LogP) is 3.54. The first-order valence-corrected chi connectivity index (χ1v) is 15.1. The highest BCUT2D eigenvalue weighted by Gasteiger charge is 2.32. The second-order valence-electron chi connectivity index (χ2n) is 10.6. The molecule has 1 aromatic heterocycles. The lowest BCUT2D eigenvalue weighted by Crippen LogP contribution is -2.55. The number of unbranched alkanes of at least 4 members (excludes halogenated alkanes) is 4. The number of nitrogens with two attached hydrogens (primary N) is 2. The molecule has 0 aliphatic rings. The largest absolute Gasteiger partial charge is 0.494 e. The highest BCUT2D eigenvalue weighted by molar-refractivity contribution is 5.87. The molecule has 3 rings (SSSR count). The van der Waals surface area contributed by atoms with E-state index in [-0.39, 0.29) is 12.1 Å². The van der Waals surface area contributed by atoms with Crippen LogP contribution in [0.4, 0.5) is 0 Å². The van der Waals surface area contributed by atoms with Gasteiger partial charge < -0.3 is 37.1 Å². The number of rotatable bonds is 18. The van der Waals surface area contributed by atoms with E-state index in [1.807, 2.05) is 48.5 Å². The van der Waals surface area contributed by atoms with Crippen LogP contribution in [0.2, 0.25) is 0 Å². The highest BCUT2D eigenvalue weighted by Crippen LogP contribution is 2.23. The summed E-state index contributed by atoms with van der Waals surface area (Å²) in [5, 5.41) is 25.2. The molecule has 0 radical (unpaired) electrons. The van der Waals surface area contributed by atoms with E-state index in [4.69, 9.17) is 16.2 Å². The number of ether oxygens (including phenoxy) is 1. The van der Waals surface area contributed by atoms with Crippen molar-refractivity contribution in [3.63, 3.8) is 0 Å². The summed E-state index contributed by atoms with van der Waals surface area (Å²) in [5.74, 6) is -0.619. The predicted molar refractivity (Wildman–Crippen MR) is 175 cm³/mol. The second kappa shape index (κ2) is 18.2. The smallest absolute Gasteiger partial charge is 0.329 e. The van der Waals surface area contributed by atoms with Gasteiger partial charge >= 0.3 is 5.97 Å². The summed E-state index contributed by atoms with van der Waals surface area (Å²) in [5.41, 5.74) is 14.4. The number of carboxylic acid groups (broad SMARTS) is 1. The zero-order valence-electron chi connectivity index (χ0n) is 25.9. The summed E-state index contributed by atoms with van der Waals surface area (Å²) in [4.78, 5) is 33.7. The van der Waals surface area contributed by atoms with Gasteiger partial charge in [-0.2, -0.15) is 0 Å². The first kappa shape index (κ1) is 34.7. The van der Waals surface area contributed by atoms with Gasteiger partial charge in [-0.15, -0.1) is 0 Å². The maximum Gasteiger partial charge on any atom is 0.329 e. The number of nitrogens with zero attached hydrogens (tertiary/aromatic N) is 2. The Morgan fingerprint density at radius 1 is 0.956 bits per heavy atom. The summed E-state index contributed by atoms with van der Waals surface area (Å²) >= 11 is 0. The minimum Gasteiger partial charge on any atom is -0.494 e. The van der Waals surface area contributed by atoms with Gasteiger partial charge in [0, 0.05) is 29.2 Å².